The summed E-state index contributed by atoms with van der Waals surface area (Å²) in [6, 6.07) is 9.79. The van der Waals surface area contributed by atoms with Crippen LogP contribution in [0.4, 0.5) is 0 Å². The normalized spacial score (nSPS) is 12.0. The lowest BCUT2D eigenvalue weighted by molar-refractivity contribution is -0.138. The van der Waals surface area contributed by atoms with Gasteiger partial charge in [-0.3, -0.25) is 9.59 Å². The van der Waals surface area contributed by atoms with Crippen molar-refractivity contribution in [3.8, 4) is 0 Å². The van der Waals surface area contributed by atoms with Gasteiger partial charge in [0, 0.05) is 28.4 Å². The summed E-state index contributed by atoms with van der Waals surface area (Å²) in [6.45, 7) is 5.66. The maximum absolute atomic E-state index is 13.1. The molecule has 4 nitrogen and oxygen atoms in total. The van der Waals surface area contributed by atoms with Gasteiger partial charge in [-0.1, -0.05) is 58.5 Å². The van der Waals surface area contributed by atoms with Crippen LogP contribution in [-0.4, -0.2) is 34.6 Å². The van der Waals surface area contributed by atoms with Crippen LogP contribution in [0.1, 0.15) is 31.9 Å². The molecule has 31 heavy (non-hydrogen) atoms. The monoisotopic (exact) mass is 520 g/mol. The lowest BCUT2D eigenvalue weighted by Gasteiger charge is -2.29. The summed E-state index contributed by atoms with van der Waals surface area (Å²) in [5, 5.41) is 4.78. The predicted octanol–water partition coefficient (Wildman–Crippen LogP) is 6.48. The van der Waals surface area contributed by atoms with Gasteiger partial charge in [0.2, 0.25) is 11.8 Å². The van der Waals surface area contributed by atoms with Crippen LogP contribution in [0.3, 0.4) is 0 Å². The van der Waals surface area contributed by atoms with E-state index in [-0.39, 0.29) is 30.2 Å². The highest BCUT2D eigenvalue weighted by Crippen LogP contribution is 2.26. The molecular weight excluding hydrogens is 498 g/mol. The van der Waals surface area contributed by atoms with Crippen molar-refractivity contribution in [2.75, 3.05) is 5.75 Å². The molecule has 0 bridgehead atoms. The number of thioether (sulfide) groups is 1. The fraction of sp³-hybridized carbons (Fsp3) is 0.364. The lowest BCUT2D eigenvalue weighted by Crippen LogP contribution is -2.49. The first kappa shape index (κ1) is 26.1. The van der Waals surface area contributed by atoms with E-state index in [0.717, 1.165) is 11.1 Å². The number of nitrogens with one attached hydrogen (secondary N) is 1. The standard InChI is InChI=1S/C22H24Cl4N2O2S/c1-13(2)27-22(30)14(3)28(10-16-5-6-17(23)9-19(16)25)21(29)12-31-11-15-4-7-18(24)20(26)8-15/h4-9,13-14H,10-12H2,1-3H3,(H,27,30)/t14-/m0/s1. The fourth-order valence-electron chi connectivity index (χ4n) is 2.79. The second kappa shape index (κ2) is 12.2. The Labute approximate surface area is 207 Å². The molecule has 0 radical (unpaired) electrons. The summed E-state index contributed by atoms with van der Waals surface area (Å²) in [5.41, 5.74) is 1.68. The summed E-state index contributed by atoms with van der Waals surface area (Å²) in [7, 11) is 0. The van der Waals surface area contributed by atoms with Gasteiger partial charge in [0.25, 0.3) is 0 Å². The van der Waals surface area contributed by atoms with E-state index < -0.39 is 6.04 Å². The predicted molar refractivity (Wildman–Crippen MR) is 132 cm³/mol. The molecule has 2 amide bonds. The van der Waals surface area contributed by atoms with Crippen molar-refractivity contribution in [3.63, 3.8) is 0 Å². The van der Waals surface area contributed by atoms with E-state index in [1.165, 1.54) is 16.7 Å². The number of hydrogen-bond acceptors (Lipinski definition) is 3. The molecular formula is C22H24Cl4N2O2S. The van der Waals surface area contributed by atoms with Gasteiger partial charge in [-0.2, -0.15) is 0 Å². The molecule has 0 aliphatic rings. The second-order valence-electron chi connectivity index (χ2n) is 7.34. The third-order valence-electron chi connectivity index (χ3n) is 4.43. The zero-order chi connectivity index (χ0) is 23.1. The van der Waals surface area contributed by atoms with E-state index in [2.05, 4.69) is 5.32 Å². The minimum Gasteiger partial charge on any atom is -0.352 e. The molecule has 168 valence electrons. The number of nitrogens with zero attached hydrogens (tertiary/aromatic N) is 1. The van der Waals surface area contributed by atoms with E-state index in [4.69, 9.17) is 46.4 Å². The Morgan fingerprint density at radius 2 is 1.68 bits per heavy atom. The highest BCUT2D eigenvalue weighted by molar-refractivity contribution is 7.99. The van der Waals surface area contributed by atoms with Crippen molar-refractivity contribution in [3.05, 3.63) is 67.6 Å². The molecule has 0 aliphatic carbocycles. The molecule has 2 rings (SSSR count). The van der Waals surface area contributed by atoms with Gasteiger partial charge < -0.3 is 10.2 Å². The number of benzene rings is 2. The van der Waals surface area contributed by atoms with Crippen molar-refractivity contribution in [2.45, 2.75) is 45.2 Å². The first-order chi connectivity index (χ1) is 14.6. The molecule has 0 saturated heterocycles. The molecule has 1 N–H and O–H groups in total. The molecule has 1 atom stereocenters. The Morgan fingerprint density at radius 1 is 0.968 bits per heavy atom. The average molecular weight is 522 g/mol. The third-order valence-corrected chi connectivity index (χ3v) is 6.75. The maximum Gasteiger partial charge on any atom is 0.242 e. The van der Waals surface area contributed by atoms with Crippen LogP contribution < -0.4 is 5.32 Å². The van der Waals surface area contributed by atoms with Crippen molar-refractivity contribution in [2.24, 2.45) is 0 Å². The second-order valence-corrected chi connectivity index (χ2v) is 9.98. The smallest absolute Gasteiger partial charge is 0.242 e. The Balaban J connectivity index is 2.12. The van der Waals surface area contributed by atoms with E-state index in [1.807, 2.05) is 19.9 Å². The number of halogens is 4. The molecule has 0 unspecified atom stereocenters. The molecule has 2 aromatic rings. The number of rotatable bonds is 9. The number of carbonyl (C=O) groups excluding carboxylic acids is 2. The number of carbonyl (C=O) groups is 2. The number of hydrogen-bond donors (Lipinski definition) is 1. The van der Waals surface area contributed by atoms with Crippen molar-refractivity contribution >= 4 is 70.0 Å². The van der Waals surface area contributed by atoms with E-state index in [1.54, 1.807) is 37.3 Å². The molecule has 0 spiro atoms. The summed E-state index contributed by atoms with van der Waals surface area (Å²) in [5.74, 6) is 0.403. The molecule has 0 aromatic heterocycles. The molecule has 9 heteroatoms. The van der Waals surface area contributed by atoms with Gasteiger partial charge in [-0.05, 0) is 56.2 Å². The van der Waals surface area contributed by atoms with Crippen LogP contribution in [0.25, 0.3) is 0 Å². The summed E-state index contributed by atoms with van der Waals surface area (Å²) < 4.78 is 0. The molecule has 0 aliphatic heterocycles. The topological polar surface area (TPSA) is 49.4 Å². The molecule has 0 heterocycles. The molecule has 0 saturated carbocycles. The van der Waals surface area contributed by atoms with Crippen LogP contribution in [-0.2, 0) is 21.9 Å². The van der Waals surface area contributed by atoms with Crippen molar-refractivity contribution in [1.29, 1.82) is 0 Å². The molecule has 2 aromatic carbocycles. The van der Waals surface area contributed by atoms with Gasteiger partial charge in [-0.25, -0.2) is 0 Å². The Bertz CT molecular complexity index is 940. The fourth-order valence-corrected chi connectivity index (χ4v) is 4.44. The van der Waals surface area contributed by atoms with Gasteiger partial charge in [-0.15, -0.1) is 11.8 Å². The number of amides is 2. The average Bonchev–Trinajstić information content (AvgIpc) is 2.69. The zero-order valence-corrected chi connectivity index (χ0v) is 21.3. The summed E-state index contributed by atoms with van der Waals surface area (Å²) in [4.78, 5) is 27.2. The van der Waals surface area contributed by atoms with Crippen LogP contribution in [0.5, 0.6) is 0 Å². The van der Waals surface area contributed by atoms with E-state index in [0.29, 0.717) is 25.8 Å². The zero-order valence-electron chi connectivity index (χ0n) is 17.4. The van der Waals surface area contributed by atoms with Crippen LogP contribution in [0.15, 0.2) is 36.4 Å². The van der Waals surface area contributed by atoms with Crippen LogP contribution in [0, 0.1) is 0 Å². The highest BCUT2D eigenvalue weighted by atomic mass is 35.5. The molecule has 0 fully saturated rings. The Morgan fingerprint density at radius 3 is 2.29 bits per heavy atom. The van der Waals surface area contributed by atoms with Gasteiger partial charge in [0.1, 0.15) is 6.04 Å². The van der Waals surface area contributed by atoms with E-state index >= 15 is 0 Å². The van der Waals surface area contributed by atoms with Gasteiger partial charge >= 0.3 is 0 Å². The van der Waals surface area contributed by atoms with Crippen molar-refractivity contribution in [1.82, 2.24) is 10.2 Å². The largest absolute Gasteiger partial charge is 0.352 e. The summed E-state index contributed by atoms with van der Waals surface area (Å²) >= 11 is 25.7. The van der Waals surface area contributed by atoms with Crippen molar-refractivity contribution < 1.29 is 9.59 Å². The summed E-state index contributed by atoms with van der Waals surface area (Å²) in [6.07, 6.45) is 0. The Hall–Kier alpha value is -1.11. The minimum atomic E-state index is -0.660. The maximum atomic E-state index is 13.1. The quantitative estimate of drug-likeness (QED) is 0.411. The van der Waals surface area contributed by atoms with Crippen LogP contribution >= 0.6 is 58.2 Å². The lowest BCUT2D eigenvalue weighted by atomic mass is 10.1. The first-order valence-electron chi connectivity index (χ1n) is 9.64. The highest BCUT2D eigenvalue weighted by Gasteiger charge is 2.27. The van der Waals surface area contributed by atoms with E-state index in [9.17, 15) is 9.59 Å². The first-order valence-corrected chi connectivity index (χ1v) is 12.3. The van der Waals surface area contributed by atoms with Crippen LogP contribution in [0.2, 0.25) is 20.1 Å². The Kier molecular flexibility index (Phi) is 10.3. The SMILES string of the molecule is CC(C)NC(=O)[C@H](C)N(Cc1ccc(Cl)cc1Cl)C(=O)CSCc1ccc(Cl)c(Cl)c1. The minimum absolute atomic E-state index is 0.0324. The van der Waals surface area contributed by atoms with Gasteiger partial charge in [0.15, 0.2) is 0 Å². The third kappa shape index (κ3) is 8.07. The van der Waals surface area contributed by atoms with Gasteiger partial charge in [0.05, 0.1) is 15.8 Å².